The molecule has 32 heavy (non-hydrogen) atoms. The van der Waals surface area contributed by atoms with Crippen molar-refractivity contribution in [1.29, 1.82) is 0 Å². The molecular formula is C21H22Cl2F2N2O5. The second kappa shape index (κ2) is 13.0. The summed E-state index contributed by atoms with van der Waals surface area (Å²) in [6.45, 7) is -0.148. The molecule has 0 aliphatic heterocycles. The fraction of sp³-hybridized carbons (Fsp3) is 0.333. The molecule has 0 saturated carbocycles. The van der Waals surface area contributed by atoms with Gasteiger partial charge in [-0.25, -0.2) is 8.78 Å². The molecular weight excluding hydrogens is 469 g/mol. The Hall–Kier alpha value is -2.62. The fourth-order valence-corrected chi connectivity index (χ4v) is 2.67. The van der Waals surface area contributed by atoms with Gasteiger partial charge in [-0.05, 0) is 30.7 Å². The molecule has 0 aliphatic rings. The molecule has 0 aromatic heterocycles. The Morgan fingerprint density at radius 2 is 1.41 bits per heavy atom. The number of carbonyl (C=O) groups is 2. The van der Waals surface area contributed by atoms with Gasteiger partial charge in [0.2, 0.25) is 0 Å². The van der Waals surface area contributed by atoms with Gasteiger partial charge in [0, 0.05) is 32.3 Å². The number of carbonyl (C=O) groups excluding carboxylic acids is 2. The highest BCUT2D eigenvalue weighted by atomic mass is 35.5. The van der Waals surface area contributed by atoms with Gasteiger partial charge < -0.3 is 24.8 Å². The Morgan fingerprint density at radius 3 is 1.88 bits per heavy atom. The largest absolute Gasteiger partial charge is 0.484 e. The lowest BCUT2D eigenvalue weighted by Crippen LogP contribution is -2.38. The van der Waals surface area contributed by atoms with Crippen molar-refractivity contribution in [2.75, 3.05) is 33.4 Å². The SMILES string of the molecule is COC(CCNC(=O)COc1ccc(Cl)c(F)c1)CNC(=O)COc1ccc(Cl)c(F)c1. The van der Waals surface area contributed by atoms with E-state index in [0.717, 1.165) is 12.1 Å². The van der Waals surface area contributed by atoms with E-state index in [2.05, 4.69) is 10.6 Å². The van der Waals surface area contributed by atoms with Crippen LogP contribution in [-0.4, -0.2) is 51.3 Å². The van der Waals surface area contributed by atoms with E-state index in [-0.39, 0.29) is 54.0 Å². The normalized spacial score (nSPS) is 11.5. The Kier molecular flexibility index (Phi) is 10.5. The maximum Gasteiger partial charge on any atom is 0.258 e. The van der Waals surface area contributed by atoms with Gasteiger partial charge in [-0.2, -0.15) is 0 Å². The molecule has 2 rings (SSSR count). The van der Waals surface area contributed by atoms with Gasteiger partial charge in [0.05, 0.1) is 16.1 Å². The third-order valence-electron chi connectivity index (χ3n) is 4.17. The maximum atomic E-state index is 13.4. The summed E-state index contributed by atoms with van der Waals surface area (Å²) in [6.07, 6.45) is 0.0555. The topological polar surface area (TPSA) is 85.9 Å². The first-order chi connectivity index (χ1) is 15.3. The average molecular weight is 491 g/mol. The predicted molar refractivity (Wildman–Crippen MR) is 115 cm³/mol. The predicted octanol–water partition coefficient (Wildman–Crippen LogP) is 3.37. The lowest BCUT2D eigenvalue weighted by atomic mass is 10.2. The first-order valence-electron chi connectivity index (χ1n) is 9.50. The molecule has 2 aromatic carbocycles. The number of hydrogen-bond donors (Lipinski definition) is 2. The highest BCUT2D eigenvalue weighted by molar-refractivity contribution is 6.31. The van der Waals surface area contributed by atoms with Gasteiger partial charge in [0.1, 0.15) is 23.1 Å². The van der Waals surface area contributed by atoms with Crippen LogP contribution in [0.3, 0.4) is 0 Å². The minimum Gasteiger partial charge on any atom is -0.484 e. The molecule has 0 radical (unpaired) electrons. The monoisotopic (exact) mass is 490 g/mol. The van der Waals surface area contributed by atoms with Gasteiger partial charge in [0.25, 0.3) is 11.8 Å². The first-order valence-corrected chi connectivity index (χ1v) is 10.3. The molecule has 0 heterocycles. The Morgan fingerprint density at radius 1 is 0.906 bits per heavy atom. The number of rotatable bonds is 12. The molecule has 7 nitrogen and oxygen atoms in total. The van der Waals surface area contributed by atoms with Crippen molar-refractivity contribution in [2.45, 2.75) is 12.5 Å². The van der Waals surface area contributed by atoms with Crippen LogP contribution in [0, 0.1) is 11.6 Å². The highest BCUT2D eigenvalue weighted by Gasteiger charge is 2.12. The van der Waals surface area contributed by atoms with Gasteiger partial charge >= 0.3 is 0 Å². The van der Waals surface area contributed by atoms with Crippen molar-refractivity contribution < 1.29 is 32.6 Å². The minimum atomic E-state index is -0.642. The summed E-state index contributed by atoms with van der Waals surface area (Å²) in [5.74, 6) is -1.74. The van der Waals surface area contributed by atoms with Crippen LogP contribution in [0.2, 0.25) is 10.0 Å². The van der Waals surface area contributed by atoms with Crippen LogP contribution >= 0.6 is 23.2 Å². The molecule has 0 bridgehead atoms. The summed E-state index contributed by atoms with van der Waals surface area (Å²) in [5.41, 5.74) is 0. The molecule has 1 unspecified atom stereocenters. The summed E-state index contributed by atoms with van der Waals surface area (Å²) < 4.78 is 42.4. The van der Waals surface area contributed by atoms with E-state index in [1.807, 2.05) is 0 Å². The van der Waals surface area contributed by atoms with E-state index in [0.29, 0.717) is 6.42 Å². The third-order valence-corrected chi connectivity index (χ3v) is 4.78. The smallest absolute Gasteiger partial charge is 0.258 e. The van der Waals surface area contributed by atoms with E-state index < -0.39 is 23.4 Å². The minimum absolute atomic E-state index is 0.0371. The molecule has 174 valence electrons. The number of benzene rings is 2. The summed E-state index contributed by atoms with van der Waals surface area (Å²) >= 11 is 11.2. The number of nitrogens with one attached hydrogen (secondary N) is 2. The van der Waals surface area contributed by atoms with Crippen LogP contribution in [0.4, 0.5) is 8.78 Å². The van der Waals surface area contributed by atoms with Crippen molar-refractivity contribution in [3.8, 4) is 11.5 Å². The molecule has 0 aliphatic carbocycles. The average Bonchev–Trinajstić information content (AvgIpc) is 2.77. The van der Waals surface area contributed by atoms with Crippen LogP contribution in [0.1, 0.15) is 6.42 Å². The number of hydrogen-bond acceptors (Lipinski definition) is 5. The standard InChI is InChI=1S/C21H22Cl2F2N2O5/c1-30-15(10-27-21(29)12-32-14-3-5-17(23)19(25)9-14)6-7-26-20(28)11-31-13-2-4-16(22)18(24)8-13/h2-5,8-9,15H,6-7,10-12H2,1H3,(H,26,28)(H,27,29). The quantitative estimate of drug-likeness (QED) is 0.476. The van der Waals surface area contributed by atoms with Crippen LogP contribution in [0.5, 0.6) is 11.5 Å². The number of amides is 2. The fourth-order valence-electron chi connectivity index (χ4n) is 2.44. The van der Waals surface area contributed by atoms with Crippen molar-refractivity contribution in [3.05, 3.63) is 58.1 Å². The van der Waals surface area contributed by atoms with Crippen molar-refractivity contribution >= 4 is 35.0 Å². The molecule has 1 atom stereocenters. The van der Waals surface area contributed by atoms with Gasteiger partial charge in [0.15, 0.2) is 13.2 Å². The molecule has 2 amide bonds. The molecule has 2 N–H and O–H groups in total. The van der Waals surface area contributed by atoms with Gasteiger partial charge in [-0.1, -0.05) is 23.2 Å². The summed E-state index contributed by atoms with van der Waals surface area (Å²) in [6, 6.07) is 7.75. The summed E-state index contributed by atoms with van der Waals surface area (Å²) in [4.78, 5) is 23.8. The first kappa shape index (κ1) is 25.6. The Balaban J connectivity index is 1.62. The van der Waals surface area contributed by atoms with Gasteiger partial charge in [-0.15, -0.1) is 0 Å². The van der Waals surface area contributed by atoms with Crippen LogP contribution in [-0.2, 0) is 14.3 Å². The lowest BCUT2D eigenvalue weighted by molar-refractivity contribution is -0.124. The summed E-state index contributed by atoms with van der Waals surface area (Å²) in [7, 11) is 1.48. The zero-order valence-corrected chi connectivity index (χ0v) is 18.6. The van der Waals surface area contributed by atoms with Crippen LogP contribution < -0.4 is 20.1 Å². The van der Waals surface area contributed by atoms with E-state index >= 15 is 0 Å². The van der Waals surface area contributed by atoms with Crippen molar-refractivity contribution in [3.63, 3.8) is 0 Å². The lowest BCUT2D eigenvalue weighted by Gasteiger charge is -2.17. The van der Waals surface area contributed by atoms with Crippen LogP contribution in [0.25, 0.3) is 0 Å². The van der Waals surface area contributed by atoms with E-state index in [4.69, 9.17) is 37.4 Å². The molecule has 11 heteroatoms. The molecule has 2 aromatic rings. The number of halogens is 4. The second-order valence-corrected chi connectivity index (χ2v) is 7.34. The van der Waals surface area contributed by atoms with Crippen molar-refractivity contribution in [1.82, 2.24) is 10.6 Å². The van der Waals surface area contributed by atoms with E-state index in [9.17, 15) is 18.4 Å². The number of methoxy groups -OCH3 is 1. The van der Waals surface area contributed by atoms with Crippen molar-refractivity contribution in [2.24, 2.45) is 0 Å². The Labute approximate surface area is 193 Å². The van der Waals surface area contributed by atoms with Gasteiger partial charge in [-0.3, -0.25) is 9.59 Å². The summed E-state index contributed by atoms with van der Waals surface area (Å²) in [5, 5.41) is 5.20. The second-order valence-electron chi connectivity index (χ2n) is 6.53. The highest BCUT2D eigenvalue weighted by Crippen LogP contribution is 2.21. The zero-order valence-electron chi connectivity index (χ0n) is 17.1. The third kappa shape index (κ3) is 8.86. The van der Waals surface area contributed by atoms with Crippen LogP contribution in [0.15, 0.2) is 36.4 Å². The zero-order chi connectivity index (χ0) is 23.5. The molecule has 0 fully saturated rings. The molecule has 0 saturated heterocycles. The van der Waals surface area contributed by atoms with E-state index in [1.54, 1.807) is 0 Å². The van der Waals surface area contributed by atoms with E-state index in [1.165, 1.54) is 31.4 Å². The maximum absolute atomic E-state index is 13.4. The Bertz CT molecular complexity index is 933. The molecule has 0 spiro atoms. The number of ether oxygens (including phenoxy) is 3.